The molecule has 0 spiro atoms. The summed E-state index contributed by atoms with van der Waals surface area (Å²) in [7, 11) is 0. The lowest BCUT2D eigenvalue weighted by molar-refractivity contribution is 0.322. The second-order valence-electron chi connectivity index (χ2n) is 2.58. The highest BCUT2D eigenvalue weighted by Crippen LogP contribution is 2.27. The minimum absolute atomic E-state index is 0.693. The molecule has 13 heavy (non-hydrogen) atoms. The first kappa shape index (κ1) is 8.53. The van der Waals surface area contributed by atoms with E-state index in [9.17, 15) is 0 Å². The Morgan fingerprint density at radius 3 is 3.08 bits per heavy atom. The molecule has 1 aromatic carbocycles. The Morgan fingerprint density at radius 1 is 1.46 bits per heavy atom. The number of hydrogen-bond donors (Lipinski definition) is 1. The van der Waals surface area contributed by atoms with Gasteiger partial charge in [-0.3, -0.25) is 0 Å². The van der Waals surface area contributed by atoms with E-state index in [0.29, 0.717) is 5.02 Å². The van der Waals surface area contributed by atoms with Gasteiger partial charge in [0.05, 0.1) is 6.21 Å². The van der Waals surface area contributed by atoms with Crippen molar-refractivity contribution in [1.82, 2.24) is 0 Å². The smallest absolute Gasteiger partial charge is 0.0748 e. The van der Waals surface area contributed by atoms with Crippen LogP contribution in [-0.4, -0.2) is 11.4 Å². The summed E-state index contributed by atoms with van der Waals surface area (Å²) in [5.74, 6) is 0. The Labute approximate surface area is 84.1 Å². The molecule has 2 aromatic rings. The van der Waals surface area contributed by atoms with E-state index < -0.39 is 0 Å². The van der Waals surface area contributed by atoms with E-state index in [1.807, 2.05) is 23.6 Å². The minimum Gasteiger partial charge on any atom is -0.411 e. The molecule has 0 radical (unpaired) electrons. The third-order valence-electron chi connectivity index (χ3n) is 1.76. The fraction of sp³-hybridized carbons (Fsp3) is 0. The van der Waals surface area contributed by atoms with E-state index >= 15 is 0 Å². The Hall–Kier alpha value is -1.06. The molecular weight excluding hydrogens is 206 g/mol. The molecule has 0 aliphatic rings. The van der Waals surface area contributed by atoms with Gasteiger partial charge < -0.3 is 5.21 Å². The van der Waals surface area contributed by atoms with Gasteiger partial charge in [-0.15, -0.1) is 11.3 Å². The SMILES string of the molecule is O/N=C/c1csc2ccc(Cl)cc12. The maximum Gasteiger partial charge on any atom is 0.0748 e. The second-order valence-corrected chi connectivity index (χ2v) is 3.92. The van der Waals surface area contributed by atoms with Crippen LogP contribution in [0.15, 0.2) is 28.7 Å². The van der Waals surface area contributed by atoms with Crippen molar-refractivity contribution in [2.75, 3.05) is 0 Å². The minimum atomic E-state index is 0.693. The van der Waals surface area contributed by atoms with Gasteiger partial charge in [0.1, 0.15) is 0 Å². The lowest BCUT2D eigenvalue weighted by Crippen LogP contribution is -1.76. The van der Waals surface area contributed by atoms with Crippen molar-refractivity contribution in [2.24, 2.45) is 5.16 Å². The molecule has 2 nitrogen and oxygen atoms in total. The van der Waals surface area contributed by atoms with Crippen LogP contribution in [0.2, 0.25) is 5.02 Å². The molecule has 0 fully saturated rings. The fourth-order valence-electron chi connectivity index (χ4n) is 1.18. The molecule has 66 valence electrons. The number of fused-ring (bicyclic) bond motifs is 1. The van der Waals surface area contributed by atoms with Crippen LogP contribution >= 0.6 is 22.9 Å². The van der Waals surface area contributed by atoms with Gasteiger partial charge in [0, 0.05) is 26.1 Å². The van der Waals surface area contributed by atoms with E-state index in [2.05, 4.69) is 5.16 Å². The van der Waals surface area contributed by atoms with Gasteiger partial charge in [-0.1, -0.05) is 16.8 Å². The molecule has 0 atom stereocenters. The molecule has 4 heteroatoms. The Kier molecular flexibility index (Phi) is 2.20. The highest BCUT2D eigenvalue weighted by atomic mass is 35.5. The van der Waals surface area contributed by atoms with E-state index in [1.165, 1.54) is 6.21 Å². The van der Waals surface area contributed by atoms with E-state index in [0.717, 1.165) is 15.6 Å². The highest BCUT2D eigenvalue weighted by Gasteiger charge is 2.01. The topological polar surface area (TPSA) is 32.6 Å². The van der Waals surface area contributed by atoms with Gasteiger partial charge in [-0.05, 0) is 18.2 Å². The standard InChI is InChI=1S/C9H6ClNOS/c10-7-1-2-9-8(3-7)6(4-11-12)5-13-9/h1-5,12H/b11-4+. The Bertz CT molecular complexity index is 464. The van der Waals surface area contributed by atoms with Crippen LogP contribution in [-0.2, 0) is 0 Å². The first-order valence-electron chi connectivity index (χ1n) is 3.65. The predicted molar refractivity (Wildman–Crippen MR) is 56.2 cm³/mol. The number of nitrogens with zero attached hydrogens (tertiary/aromatic N) is 1. The molecule has 2 rings (SSSR count). The number of benzene rings is 1. The maximum absolute atomic E-state index is 8.41. The lowest BCUT2D eigenvalue weighted by Gasteiger charge is -1.91. The number of halogens is 1. The fourth-order valence-corrected chi connectivity index (χ4v) is 2.25. The van der Waals surface area contributed by atoms with Crippen LogP contribution in [0.4, 0.5) is 0 Å². The lowest BCUT2D eigenvalue weighted by atomic mass is 10.2. The summed E-state index contributed by atoms with van der Waals surface area (Å²) in [6, 6.07) is 5.67. The molecule has 0 unspecified atom stereocenters. The highest BCUT2D eigenvalue weighted by molar-refractivity contribution is 7.17. The van der Waals surface area contributed by atoms with Crippen molar-refractivity contribution in [1.29, 1.82) is 0 Å². The number of rotatable bonds is 1. The summed E-state index contributed by atoms with van der Waals surface area (Å²) in [6.07, 6.45) is 1.41. The zero-order valence-corrected chi connectivity index (χ0v) is 8.14. The van der Waals surface area contributed by atoms with Crippen LogP contribution in [0.3, 0.4) is 0 Å². The molecule has 0 aliphatic heterocycles. The van der Waals surface area contributed by atoms with Gasteiger partial charge in [-0.2, -0.15) is 0 Å². The average molecular weight is 212 g/mol. The van der Waals surface area contributed by atoms with Gasteiger partial charge >= 0.3 is 0 Å². The van der Waals surface area contributed by atoms with Gasteiger partial charge in [0.15, 0.2) is 0 Å². The summed E-state index contributed by atoms with van der Waals surface area (Å²) < 4.78 is 1.14. The van der Waals surface area contributed by atoms with Gasteiger partial charge in [0.25, 0.3) is 0 Å². The second kappa shape index (κ2) is 3.36. The number of oxime groups is 1. The van der Waals surface area contributed by atoms with Crippen LogP contribution in [0.25, 0.3) is 10.1 Å². The van der Waals surface area contributed by atoms with Crippen molar-refractivity contribution in [3.05, 3.63) is 34.2 Å². The van der Waals surface area contributed by atoms with Gasteiger partial charge in [0.2, 0.25) is 0 Å². The largest absolute Gasteiger partial charge is 0.411 e. The van der Waals surface area contributed by atoms with Crippen molar-refractivity contribution in [3.63, 3.8) is 0 Å². The van der Waals surface area contributed by atoms with Crippen molar-refractivity contribution in [3.8, 4) is 0 Å². The van der Waals surface area contributed by atoms with Crippen molar-refractivity contribution in [2.45, 2.75) is 0 Å². The first-order valence-corrected chi connectivity index (χ1v) is 4.91. The molecule has 0 saturated heterocycles. The first-order chi connectivity index (χ1) is 6.31. The molecule has 1 heterocycles. The van der Waals surface area contributed by atoms with Crippen LogP contribution in [0, 0.1) is 0 Å². The number of hydrogen-bond acceptors (Lipinski definition) is 3. The third kappa shape index (κ3) is 1.53. The molecule has 1 N–H and O–H groups in total. The summed E-state index contributed by atoms with van der Waals surface area (Å²) >= 11 is 7.45. The molecule has 1 aromatic heterocycles. The molecule has 0 amide bonds. The zero-order chi connectivity index (χ0) is 9.26. The monoisotopic (exact) mass is 211 g/mol. The third-order valence-corrected chi connectivity index (χ3v) is 2.98. The van der Waals surface area contributed by atoms with Gasteiger partial charge in [-0.25, -0.2) is 0 Å². The van der Waals surface area contributed by atoms with Crippen LogP contribution < -0.4 is 0 Å². The van der Waals surface area contributed by atoms with E-state index in [4.69, 9.17) is 16.8 Å². The Morgan fingerprint density at radius 2 is 2.31 bits per heavy atom. The van der Waals surface area contributed by atoms with Crippen molar-refractivity contribution >= 4 is 39.2 Å². The summed E-state index contributed by atoms with van der Waals surface area (Å²) in [4.78, 5) is 0. The van der Waals surface area contributed by atoms with Crippen molar-refractivity contribution < 1.29 is 5.21 Å². The Balaban J connectivity index is 2.71. The average Bonchev–Trinajstić information content (AvgIpc) is 2.49. The summed E-state index contributed by atoms with van der Waals surface area (Å²) in [5.41, 5.74) is 0.894. The van der Waals surface area contributed by atoms with E-state index in [1.54, 1.807) is 11.3 Å². The molecule has 0 bridgehead atoms. The summed E-state index contributed by atoms with van der Waals surface area (Å²) in [6.45, 7) is 0. The maximum atomic E-state index is 8.41. The number of thiophene rings is 1. The van der Waals surface area contributed by atoms with Crippen LogP contribution in [0.5, 0.6) is 0 Å². The van der Waals surface area contributed by atoms with Crippen LogP contribution in [0.1, 0.15) is 5.56 Å². The molecule has 0 aliphatic carbocycles. The van der Waals surface area contributed by atoms with E-state index in [-0.39, 0.29) is 0 Å². The quantitative estimate of drug-likeness (QED) is 0.438. The zero-order valence-electron chi connectivity index (χ0n) is 6.57. The summed E-state index contributed by atoms with van der Waals surface area (Å²) in [5, 5.41) is 15.1. The predicted octanol–water partition coefficient (Wildman–Crippen LogP) is 3.36. The molecular formula is C9H6ClNOS. The molecule has 0 saturated carbocycles. The normalized spacial score (nSPS) is 11.5.